The molecule has 1 aliphatic heterocycles. The Morgan fingerprint density at radius 1 is 1.26 bits per heavy atom. The van der Waals surface area contributed by atoms with Crippen LogP contribution in [0, 0.1) is 6.92 Å². The first kappa shape index (κ1) is 13.9. The Hall–Kier alpha value is -1.55. The van der Waals surface area contributed by atoms with Crippen molar-refractivity contribution >= 4 is 10.0 Å². The van der Waals surface area contributed by atoms with E-state index >= 15 is 0 Å². The molecule has 4 heteroatoms. The Morgan fingerprint density at radius 2 is 1.95 bits per heavy atom. The zero-order chi connectivity index (χ0) is 13.9. The van der Waals surface area contributed by atoms with Crippen molar-refractivity contribution in [1.29, 1.82) is 0 Å². The maximum absolute atomic E-state index is 12.6. The monoisotopic (exact) mass is 277 g/mol. The minimum Gasteiger partial charge on any atom is -0.266 e. The summed E-state index contributed by atoms with van der Waals surface area (Å²) in [6, 6.07) is 7.00. The smallest absolute Gasteiger partial charge is 0.264 e. The van der Waals surface area contributed by atoms with E-state index in [1.165, 1.54) is 4.31 Å². The minimum atomic E-state index is -3.42. The third-order valence-corrected chi connectivity index (χ3v) is 4.95. The molecule has 3 nitrogen and oxygen atoms in total. The Labute approximate surface area is 115 Å². The van der Waals surface area contributed by atoms with Gasteiger partial charge in [-0.2, -0.15) is 0 Å². The number of aryl methyl sites for hydroxylation is 1. The number of sulfonamides is 1. The molecule has 1 aromatic carbocycles. The summed E-state index contributed by atoms with van der Waals surface area (Å²) >= 11 is 0. The maximum atomic E-state index is 12.6. The van der Waals surface area contributed by atoms with E-state index in [9.17, 15) is 8.42 Å². The van der Waals surface area contributed by atoms with Crippen LogP contribution in [0.25, 0.3) is 0 Å². The van der Waals surface area contributed by atoms with Gasteiger partial charge in [0.1, 0.15) is 0 Å². The molecule has 2 rings (SSSR count). The second kappa shape index (κ2) is 5.61. The van der Waals surface area contributed by atoms with E-state index in [0.717, 1.165) is 24.1 Å². The summed E-state index contributed by atoms with van der Waals surface area (Å²) in [5.41, 5.74) is 1.84. The highest BCUT2D eigenvalue weighted by molar-refractivity contribution is 7.89. The molecule has 102 valence electrons. The summed E-state index contributed by atoms with van der Waals surface area (Å²) in [5, 5.41) is 0. The lowest BCUT2D eigenvalue weighted by atomic mass is 10.2. The highest BCUT2D eigenvalue weighted by atomic mass is 32.2. The van der Waals surface area contributed by atoms with Crippen LogP contribution in [0.4, 0.5) is 0 Å². The van der Waals surface area contributed by atoms with E-state index in [-0.39, 0.29) is 0 Å². The molecule has 0 aliphatic carbocycles. The van der Waals surface area contributed by atoms with Gasteiger partial charge >= 0.3 is 0 Å². The molecular formula is C15H19NO2S. The van der Waals surface area contributed by atoms with Gasteiger partial charge in [0, 0.05) is 12.2 Å². The fourth-order valence-electron chi connectivity index (χ4n) is 2.05. The largest absolute Gasteiger partial charge is 0.266 e. The summed E-state index contributed by atoms with van der Waals surface area (Å²) in [6.07, 6.45) is 7.51. The molecule has 0 saturated carbocycles. The molecule has 0 radical (unpaired) electrons. The Morgan fingerprint density at radius 3 is 2.58 bits per heavy atom. The van der Waals surface area contributed by atoms with Crippen molar-refractivity contribution < 1.29 is 8.42 Å². The zero-order valence-electron chi connectivity index (χ0n) is 11.3. The molecule has 0 spiro atoms. The van der Waals surface area contributed by atoms with E-state index in [4.69, 9.17) is 0 Å². The van der Waals surface area contributed by atoms with Crippen LogP contribution < -0.4 is 0 Å². The molecule has 0 amide bonds. The summed E-state index contributed by atoms with van der Waals surface area (Å²) in [7, 11) is -3.42. The summed E-state index contributed by atoms with van der Waals surface area (Å²) in [5.74, 6) is 0. The van der Waals surface area contributed by atoms with Crippen molar-refractivity contribution in [3.05, 3.63) is 53.8 Å². The SMILES string of the molecule is CC/C=C\C1=CCCN1S(=O)(=O)c1ccc(C)cc1. The van der Waals surface area contributed by atoms with Crippen LogP contribution in [-0.2, 0) is 10.0 Å². The summed E-state index contributed by atoms with van der Waals surface area (Å²) < 4.78 is 26.6. The number of hydrogen-bond donors (Lipinski definition) is 0. The lowest BCUT2D eigenvalue weighted by molar-refractivity contribution is 0.506. The van der Waals surface area contributed by atoms with Crippen molar-refractivity contribution in [2.24, 2.45) is 0 Å². The Balaban J connectivity index is 2.32. The standard InChI is InChI=1S/C15H19NO2S/c1-3-4-6-14-7-5-12-16(14)19(17,18)15-10-8-13(2)9-11-15/h4,6-11H,3,5,12H2,1-2H3/b6-4-. The molecule has 19 heavy (non-hydrogen) atoms. The summed E-state index contributed by atoms with van der Waals surface area (Å²) in [4.78, 5) is 0.357. The van der Waals surface area contributed by atoms with Crippen LogP contribution in [0.3, 0.4) is 0 Å². The number of benzene rings is 1. The first-order valence-electron chi connectivity index (χ1n) is 6.52. The number of nitrogens with zero attached hydrogens (tertiary/aromatic N) is 1. The lowest BCUT2D eigenvalue weighted by Gasteiger charge is -2.20. The van der Waals surface area contributed by atoms with Gasteiger partial charge in [0.25, 0.3) is 10.0 Å². The maximum Gasteiger partial charge on any atom is 0.264 e. The third-order valence-electron chi connectivity index (χ3n) is 3.11. The summed E-state index contributed by atoms with van der Waals surface area (Å²) in [6.45, 7) is 4.51. The average Bonchev–Trinajstić information content (AvgIpc) is 2.86. The van der Waals surface area contributed by atoms with Crippen molar-refractivity contribution in [1.82, 2.24) is 4.31 Å². The third kappa shape index (κ3) is 2.89. The quantitative estimate of drug-likeness (QED) is 0.847. The van der Waals surface area contributed by atoms with Crippen molar-refractivity contribution in [3.8, 4) is 0 Å². The molecule has 1 aromatic rings. The number of allylic oxidation sites excluding steroid dienone is 2. The number of rotatable bonds is 4. The number of hydrogen-bond acceptors (Lipinski definition) is 2. The van der Waals surface area contributed by atoms with Crippen molar-refractivity contribution in [2.75, 3.05) is 6.54 Å². The van der Waals surface area contributed by atoms with Crippen molar-refractivity contribution in [2.45, 2.75) is 31.6 Å². The molecule has 0 bridgehead atoms. The van der Waals surface area contributed by atoms with E-state index in [1.807, 2.05) is 44.2 Å². The van der Waals surface area contributed by atoms with Crippen LogP contribution >= 0.6 is 0 Å². The van der Waals surface area contributed by atoms with Gasteiger partial charge in [-0.25, -0.2) is 8.42 Å². The molecular weight excluding hydrogens is 258 g/mol. The molecule has 0 saturated heterocycles. The Kier molecular flexibility index (Phi) is 4.10. The van der Waals surface area contributed by atoms with Gasteiger partial charge in [-0.3, -0.25) is 4.31 Å². The van der Waals surface area contributed by atoms with Crippen molar-refractivity contribution in [3.63, 3.8) is 0 Å². The van der Waals surface area contributed by atoms with Gasteiger partial charge in [0.15, 0.2) is 0 Å². The molecule has 0 fully saturated rings. The topological polar surface area (TPSA) is 37.4 Å². The molecule has 0 aromatic heterocycles. The molecule has 0 atom stereocenters. The molecule has 1 heterocycles. The predicted octanol–water partition coefficient (Wildman–Crippen LogP) is 3.24. The highest BCUT2D eigenvalue weighted by Gasteiger charge is 2.27. The van der Waals surface area contributed by atoms with Crippen LogP contribution in [0.2, 0.25) is 0 Å². The van der Waals surface area contributed by atoms with E-state index in [0.29, 0.717) is 11.4 Å². The fourth-order valence-corrected chi connectivity index (χ4v) is 3.54. The second-order valence-electron chi connectivity index (χ2n) is 4.62. The lowest BCUT2D eigenvalue weighted by Crippen LogP contribution is -2.27. The van der Waals surface area contributed by atoms with Crippen LogP contribution in [-0.4, -0.2) is 19.3 Å². The van der Waals surface area contributed by atoms with E-state index in [1.54, 1.807) is 12.1 Å². The minimum absolute atomic E-state index is 0.357. The van der Waals surface area contributed by atoms with E-state index < -0.39 is 10.0 Å². The molecule has 1 aliphatic rings. The van der Waals surface area contributed by atoms with Gasteiger partial charge in [0.05, 0.1) is 4.90 Å². The first-order valence-corrected chi connectivity index (χ1v) is 7.96. The van der Waals surface area contributed by atoms with Crippen LogP contribution in [0.5, 0.6) is 0 Å². The van der Waals surface area contributed by atoms with E-state index in [2.05, 4.69) is 0 Å². The van der Waals surface area contributed by atoms with Gasteiger partial charge in [-0.15, -0.1) is 0 Å². The predicted molar refractivity (Wildman–Crippen MR) is 77.2 cm³/mol. The van der Waals surface area contributed by atoms with Gasteiger partial charge in [-0.1, -0.05) is 36.8 Å². The first-order chi connectivity index (χ1) is 9.05. The fraction of sp³-hybridized carbons (Fsp3) is 0.333. The van der Waals surface area contributed by atoms with Gasteiger partial charge in [-0.05, 0) is 38.0 Å². The second-order valence-corrected chi connectivity index (χ2v) is 6.48. The zero-order valence-corrected chi connectivity index (χ0v) is 12.2. The molecule has 0 unspecified atom stereocenters. The van der Waals surface area contributed by atoms with Gasteiger partial charge in [0.2, 0.25) is 0 Å². The average molecular weight is 277 g/mol. The normalized spacial score (nSPS) is 16.1. The van der Waals surface area contributed by atoms with Crippen LogP contribution in [0.1, 0.15) is 25.3 Å². The van der Waals surface area contributed by atoms with Crippen LogP contribution in [0.15, 0.2) is 53.1 Å². The van der Waals surface area contributed by atoms with Gasteiger partial charge < -0.3 is 0 Å². The highest BCUT2D eigenvalue weighted by Crippen LogP contribution is 2.26. The molecule has 0 N–H and O–H groups in total. The Bertz CT molecular complexity index is 598.